The summed E-state index contributed by atoms with van der Waals surface area (Å²) in [5, 5.41) is 4.17. The third-order valence-electron chi connectivity index (χ3n) is 3.98. The molecule has 0 bridgehead atoms. The lowest BCUT2D eigenvalue weighted by Crippen LogP contribution is -2.25. The summed E-state index contributed by atoms with van der Waals surface area (Å²) in [5.41, 5.74) is 3.77. The van der Waals surface area contributed by atoms with Gasteiger partial charge in [0.1, 0.15) is 0 Å². The first-order valence-electron chi connectivity index (χ1n) is 7.60. The number of rotatable bonds is 4. The van der Waals surface area contributed by atoms with Gasteiger partial charge in [-0.3, -0.25) is 4.79 Å². The largest absolute Gasteiger partial charge is 0.361 e. The Kier molecular flexibility index (Phi) is 3.96. The lowest BCUT2D eigenvalue weighted by molar-refractivity contribution is 0.0954. The molecule has 2 aromatic carbocycles. The highest BCUT2D eigenvalue weighted by Gasteiger charge is 2.09. The second kappa shape index (κ2) is 6.26. The van der Waals surface area contributed by atoms with Crippen molar-refractivity contribution in [1.82, 2.24) is 15.3 Å². The van der Waals surface area contributed by atoms with Crippen molar-refractivity contribution in [2.45, 2.75) is 6.42 Å². The van der Waals surface area contributed by atoms with Crippen molar-refractivity contribution < 1.29 is 4.79 Å². The van der Waals surface area contributed by atoms with Crippen molar-refractivity contribution in [2.24, 2.45) is 0 Å². The van der Waals surface area contributed by atoms with Gasteiger partial charge in [-0.2, -0.15) is 0 Å². The number of nitrogens with one attached hydrogen (secondary N) is 2. The highest BCUT2D eigenvalue weighted by Crippen LogP contribution is 2.26. The zero-order chi connectivity index (χ0) is 16.5. The summed E-state index contributed by atoms with van der Waals surface area (Å²) in [4.78, 5) is 19.8. The average Bonchev–Trinajstić information content (AvgIpc) is 3.16. The number of halogens is 1. The lowest BCUT2D eigenvalue weighted by Gasteiger charge is -2.05. The molecule has 24 heavy (non-hydrogen) atoms. The topological polar surface area (TPSA) is 57.8 Å². The number of hydrogen-bond donors (Lipinski definition) is 2. The molecule has 2 heterocycles. The van der Waals surface area contributed by atoms with Crippen LogP contribution >= 0.6 is 22.9 Å². The van der Waals surface area contributed by atoms with E-state index in [0.29, 0.717) is 16.6 Å². The van der Waals surface area contributed by atoms with Gasteiger partial charge in [0.25, 0.3) is 5.91 Å². The fourth-order valence-corrected chi connectivity index (χ4v) is 3.86. The van der Waals surface area contributed by atoms with E-state index in [0.717, 1.165) is 22.2 Å². The van der Waals surface area contributed by atoms with Crippen LogP contribution in [-0.4, -0.2) is 22.4 Å². The maximum absolute atomic E-state index is 12.3. The van der Waals surface area contributed by atoms with Crippen LogP contribution in [0.25, 0.3) is 21.1 Å². The van der Waals surface area contributed by atoms with Gasteiger partial charge in [-0.1, -0.05) is 29.8 Å². The monoisotopic (exact) mass is 355 g/mol. The van der Waals surface area contributed by atoms with Gasteiger partial charge in [0, 0.05) is 29.2 Å². The van der Waals surface area contributed by atoms with Gasteiger partial charge in [-0.25, -0.2) is 4.98 Å². The van der Waals surface area contributed by atoms with Crippen LogP contribution in [0.3, 0.4) is 0 Å². The number of hydrogen-bond acceptors (Lipinski definition) is 3. The molecule has 120 valence electrons. The van der Waals surface area contributed by atoms with E-state index >= 15 is 0 Å². The number of amides is 1. The Morgan fingerprint density at radius 3 is 3.04 bits per heavy atom. The van der Waals surface area contributed by atoms with E-state index in [-0.39, 0.29) is 5.91 Å². The molecule has 0 fully saturated rings. The van der Waals surface area contributed by atoms with E-state index < -0.39 is 0 Å². The summed E-state index contributed by atoms with van der Waals surface area (Å²) in [6.07, 6.45) is 2.78. The van der Waals surface area contributed by atoms with E-state index in [4.69, 9.17) is 11.6 Å². The summed E-state index contributed by atoms with van der Waals surface area (Å²) in [5.74, 6) is -0.0822. The van der Waals surface area contributed by atoms with E-state index in [1.54, 1.807) is 6.07 Å². The van der Waals surface area contributed by atoms with Crippen LogP contribution in [0, 0.1) is 0 Å². The fourth-order valence-electron chi connectivity index (χ4n) is 2.79. The zero-order valence-electron chi connectivity index (χ0n) is 12.7. The number of carbonyl (C=O) groups excluding carboxylic acids is 1. The highest BCUT2D eigenvalue weighted by atomic mass is 35.5. The van der Waals surface area contributed by atoms with Gasteiger partial charge in [0.05, 0.1) is 10.2 Å². The smallest absolute Gasteiger partial charge is 0.251 e. The maximum Gasteiger partial charge on any atom is 0.251 e. The molecule has 0 saturated carbocycles. The number of thiazole rings is 1. The van der Waals surface area contributed by atoms with Crippen LogP contribution in [-0.2, 0) is 6.42 Å². The second-order valence-electron chi connectivity index (χ2n) is 5.51. The number of H-pyrrole nitrogens is 1. The van der Waals surface area contributed by atoms with Crippen molar-refractivity contribution in [3.63, 3.8) is 0 Å². The van der Waals surface area contributed by atoms with Crippen LogP contribution < -0.4 is 5.32 Å². The molecule has 0 saturated heterocycles. The second-order valence-corrected chi connectivity index (χ2v) is 7.13. The highest BCUT2D eigenvalue weighted by molar-refractivity contribution is 7.22. The van der Waals surface area contributed by atoms with E-state index in [1.165, 1.54) is 22.3 Å². The standard InChI is InChI=1S/C18H14ClN3OS/c19-18-22-15-6-5-11(9-16(15)24-18)17(23)20-8-7-12-10-21-14-4-2-1-3-13(12)14/h1-6,9-10,21H,7-8H2,(H,20,23). The number of carbonyl (C=O) groups is 1. The molecule has 0 radical (unpaired) electrons. The van der Waals surface area contributed by atoms with Gasteiger partial charge in [0.15, 0.2) is 4.47 Å². The number of nitrogens with zero attached hydrogens (tertiary/aromatic N) is 1. The summed E-state index contributed by atoms with van der Waals surface area (Å²) < 4.78 is 1.41. The molecule has 0 aliphatic heterocycles. The molecule has 0 atom stereocenters. The van der Waals surface area contributed by atoms with Crippen LogP contribution in [0.1, 0.15) is 15.9 Å². The normalized spacial score (nSPS) is 11.2. The van der Waals surface area contributed by atoms with Gasteiger partial charge in [0.2, 0.25) is 0 Å². The van der Waals surface area contributed by atoms with Crippen LogP contribution in [0.15, 0.2) is 48.7 Å². The van der Waals surface area contributed by atoms with Crippen molar-refractivity contribution >= 4 is 50.0 Å². The zero-order valence-corrected chi connectivity index (χ0v) is 14.2. The number of para-hydroxylation sites is 1. The van der Waals surface area contributed by atoms with E-state index in [9.17, 15) is 4.79 Å². The molecule has 6 heteroatoms. The molecule has 0 aliphatic carbocycles. The van der Waals surface area contributed by atoms with E-state index in [2.05, 4.69) is 21.4 Å². The van der Waals surface area contributed by atoms with Crippen LogP contribution in [0.5, 0.6) is 0 Å². The van der Waals surface area contributed by atoms with Crippen molar-refractivity contribution in [3.8, 4) is 0 Å². The molecule has 4 nitrogen and oxygen atoms in total. The SMILES string of the molecule is O=C(NCCc1c[nH]c2ccccc12)c1ccc2nc(Cl)sc2c1. The first-order chi connectivity index (χ1) is 11.7. The maximum atomic E-state index is 12.3. The van der Waals surface area contributed by atoms with Gasteiger partial charge >= 0.3 is 0 Å². The third kappa shape index (κ3) is 2.88. The summed E-state index contributed by atoms with van der Waals surface area (Å²) in [7, 11) is 0. The Bertz CT molecular complexity index is 1040. The van der Waals surface area contributed by atoms with Crippen LogP contribution in [0.2, 0.25) is 4.47 Å². The first kappa shape index (κ1) is 15.2. The molecule has 2 N–H and O–H groups in total. The fraction of sp³-hybridized carbons (Fsp3) is 0.111. The summed E-state index contributed by atoms with van der Waals surface area (Å²) >= 11 is 7.28. The predicted molar refractivity (Wildman–Crippen MR) is 99.0 cm³/mol. The van der Waals surface area contributed by atoms with Crippen molar-refractivity contribution in [1.29, 1.82) is 0 Å². The summed E-state index contributed by atoms with van der Waals surface area (Å²) in [6, 6.07) is 13.6. The molecule has 1 amide bonds. The van der Waals surface area contributed by atoms with Gasteiger partial charge in [-0.15, -0.1) is 11.3 Å². The predicted octanol–water partition coefficient (Wildman–Crippen LogP) is 4.40. The number of benzene rings is 2. The van der Waals surface area contributed by atoms with Gasteiger partial charge in [-0.05, 0) is 36.2 Å². The summed E-state index contributed by atoms with van der Waals surface area (Å²) in [6.45, 7) is 0.585. The van der Waals surface area contributed by atoms with Crippen molar-refractivity contribution in [3.05, 3.63) is 64.3 Å². The number of aromatic nitrogens is 2. The van der Waals surface area contributed by atoms with Crippen molar-refractivity contribution in [2.75, 3.05) is 6.54 Å². The Labute approximate surface area is 147 Å². The Balaban J connectivity index is 1.44. The number of aromatic amines is 1. The lowest BCUT2D eigenvalue weighted by atomic mass is 10.1. The first-order valence-corrected chi connectivity index (χ1v) is 8.79. The molecular weight excluding hydrogens is 342 g/mol. The molecule has 0 spiro atoms. The molecule has 0 aliphatic rings. The minimum Gasteiger partial charge on any atom is -0.361 e. The van der Waals surface area contributed by atoms with E-state index in [1.807, 2.05) is 36.5 Å². The third-order valence-corrected chi connectivity index (χ3v) is 5.10. The minimum absolute atomic E-state index is 0.0822. The molecule has 0 unspecified atom stereocenters. The minimum atomic E-state index is -0.0822. The quantitative estimate of drug-likeness (QED) is 0.570. The molecule has 4 aromatic rings. The Hall–Kier alpha value is -2.37. The van der Waals surface area contributed by atoms with Crippen LogP contribution in [0.4, 0.5) is 0 Å². The Morgan fingerprint density at radius 1 is 1.25 bits per heavy atom. The number of fused-ring (bicyclic) bond motifs is 2. The average molecular weight is 356 g/mol. The molecular formula is C18H14ClN3OS. The van der Waals surface area contributed by atoms with Gasteiger partial charge < -0.3 is 10.3 Å². The molecule has 4 rings (SSSR count). The molecule has 2 aromatic heterocycles. The Morgan fingerprint density at radius 2 is 2.12 bits per heavy atom.